The fourth-order valence-electron chi connectivity index (χ4n) is 2.28. The minimum atomic E-state index is -0.0177. The molecule has 1 unspecified atom stereocenters. The van der Waals surface area contributed by atoms with E-state index in [1.807, 2.05) is 0 Å². The van der Waals surface area contributed by atoms with Crippen molar-refractivity contribution in [3.05, 3.63) is 27.9 Å². The second-order valence-electron chi connectivity index (χ2n) is 5.09. The largest absolute Gasteiger partial charge is 0.317 e. The molecule has 4 heteroatoms. The van der Waals surface area contributed by atoms with E-state index >= 15 is 0 Å². The van der Waals surface area contributed by atoms with Crippen molar-refractivity contribution < 1.29 is 0 Å². The van der Waals surface area contributed by atoms with E-state index in [2.05, 4.69) is 29.1 Å². The summed E-state index contributed by atoms with van der Waals surface area (Å²) in [7, 11) is 0. The molecule has 1 fully saturated rings. The Balaban J connectivity index is 2.27. The van der Waals surface area contributed by atoms with Gasteiger partial charge in [-0.3, -0.25) is 4.79 Å². The lowest BCUT2D eigenvalue weighted by Gasteiger charge is -2.14. The van der Waals surface area contributed by atoms with E-state index in [-0.39, 0.29) is 5.56 Å². The Morgan fingerprint density at radius 3 is 2.94 bits per heavy atom. The fraction of sp³-hybridized carbons (Fsp3) is 0.692. The molecular formula is C13H21N3O. The summed E-state index contributed by atoms with van der Waals surface area (Å²) in [6, 6.07) is 1.61. The summed E-state index contributed by atoms with van der Waals surface area (Å²) in [5.41, 5.74) is 0.886. The van der Waals surface area contributed by atoms with Gasteiger partial charge in [0.25, 0.3) is 5.56 Å². The molecule has 0 saturated carbocycles. The molecule has 2 N–H and O–H groups in total. The number of H-pyrrole nitrogens is 1. The lowest BCUT2D eigenvalue weighted by atomic mass is 9.99. The van der Waals surface area contributed by atoms with Gasteiger partial charge in [0.15, 0.2) is 0 Å². The van der Waals surface area contributed by atoms with Crippen molar-refractivity contribution in [2.75, 3.05) is 13.1 Å². The smallest absolute Gasteiger partial charge is 0.251 e. The van der Waals surface area contributed by atoms with Gasteiger partial charge in [0.05, 0.1) is 5.69 Å². The van der Waals surface area contributed by atoms with E-state index in [1.54, 1.807) is 6.07 Å². The predicted molar refractivity (Wildman–Crippen MR) is 68.4 cm³/mol. The van der Waals surface area contributed by atoms with Crippen LogP contribution in [0.3, 0.4) is 0 Å². The third kappa shape index (κ3) is 3.16. The SMILES string of the molecule is CC(C)c1cc(=O)[nH]c(C2CCCNCC2)n1. The zero-order valence-electron chi connectivity index (χ0n) is 10.6. The maximum Gasteiger partial charge on any atom is 0.251 e. The summed E-state index contributed by atoms with van der Waals surface area (Å²) in [6.07, 6.45) is 3.32. The zero-order chi connectivity index (χ0) is 12.3. The number of nitrogens with zero attached hydrogens (tertiary/aromatic N) is 1. The van der Waals surface area contributed by atoms with Gasteiger partial charge in [-0.25, -0.2) is 4.98 Å². The van der Waals surface area contributed by atoms with Crippen LogP contribution in [0.15, 0.2) is 10.9 Å². The second kappa shape index (κ2) is 5.45. The fourth-order valence-corrected chi connectivity index (χ4v) is 2.28. The van der Waals surface area contributed by atoms with Crippen molar-refractivity contribution in [3.8, 4) is 0 Å². The molecule has 1 aliphatic heterocycles. The lowest BCUT2D eigenvalue weighted by Crippen LogP contribution is -2.18. The van der Waals surface area contributed by atoms with Crippen molar-refractivity contribution in [1.29, 1.82) is 0 Å². The van der Waals surface area contributed by atoms with Gasteiger partial charge in [-0.2, -0.15) is 0 Å². The van der Waals surface area contributed by atoms with E-state index in [1.165, 1.54) is 0 Å². The van der Waals surface area contributed by atoms with Crippen LogP contribution in [0, 0.1) is 0 Å². The molecule has 0 radical (unpaired) electrons. The normalized spacial score (nSPS) is 21.5. The summed E-state index contributed by atoms with van der Waals surface area (Å²) >= 11 is 0. The van der Waals surface area contributed by atoms with Crippen molar-refractivity contribution >= 4 is 0 Å². The highest BCUT2D eigenvalue weighted by Gasteiger charge is 2.17. The highest BCUT2D eigenvalue weighted by molar-refractivity contribution is 5.09. The Hall–Kier alpha value is -1.16. The first-order valence-corrected chi connectivity index (χ1v) is 6.48. The van der Waals surface area contributed by atoms with Gasteiger partial charge in [-0.1, -0.05) is 13.8 Å². The van der Waals surface area contributed by atoms with Crippen LogP contribution in [-0.2, 0) is 0 Å². The zero-order valence-corrected chi connectivity index (χ0v) is 10.6. The Bertz CT molecular complexity index is 417. The Kier molecular flexibility index (Phi) is 3.94. The molecule has 0 aliphatic carbocycles. The molecule has 1 aromatic rings. The van der Waals surface area contributed by atoms with Gasteiger partial charge in [0, 0.05) is 12.0 Å². The number of aromatic amines is 1. The molecule has 1 aromatic heterocycles. The van der Waals surface area contributed by atoms with Crippen LogP contribution in [0.5, 0.6) is 0 Å². The first-order valence-electron chi connectivity index (χ1n) is 6.48. The number of hydrogen-bond acceptors (Lipinski definition) is 3. The van der Waals surface area contributed by atoms with E-state index in [9.17, 15) is 4.79 Å². The quantitative estimate of drug-likeness (QED) is 0.821. The first kappa shape index (κ1) is 12.3. The minimum absolute atomic E-state index is 0.0177. The van der Waals surface area contributed by atoms with Crippen LogP contribution < -0.4 is 10.9 Å². The Morgan fingerprint density at radius 1 is 1.35 bits per heavy atom. The average molecular weight is 235 g/mol. The van der Waals surface area contributed by atoms with Crippen molar-refractivity contribution in [3.63, 3.8) is 0 Å². The number of aromatic nitrogens is 2. The molecule has 0 amide bonds. The van der Waals surface area contributed by atoms with Crippen LogP contribution in [0.1, 0.15) is 56.5 Å². The summed E-state index contributed by atoms with van der Waals surface area (Å²) < 4.78 is 0. The molecule has 2 rings (SSSR count). The number of rotatable bonds is 2. The maximum absolute atomic E-state index is 11.6. The van der Waals surface area contributed by atoms with Crippen LogP contribution in [0.4, 0.5) is 0 Å². The standard InChI is InChI=1S/C13H21N3O/c1-9(2)11-8-12(17)16-13(15-11)10-4-3-6-14-7-5-10/h8-10,14H,3-7H2,1-2H3,(H,15,16,17). The summed E-state index contributed by atoms with van der Waals surface area (Å²) in [6.45, 7) is 6.23. The molecule has 1 atom stereocenters. The van der Waals surface area contributed by atoms with Gasteiger partial charge in [-0.05, 0) is 38.3 Å². The average Bonchev–Trinajstić information content (AvgIpc) is 2.56. The topological polar surface area (TPSA) is 57.8 Å². The molecule has 17 heavy (non-hydrogen) atoms. The van der Waals surface area contributed by atoms with Crippen LogP contribution in [0.25, 0.3) is 0 Å². The third-order valence-electron chi connectivity index (χ3n) is 3.33. The summed E-state index contributed by atoms with van der Waals surface area (Å²) in [5, 5.41) is 3.38. The molecule has 2 heterocycles. The minimum Gasteiger partial charge on any atom is -0.317 e. The van der Waals surface area contributed by atoms with Gasteiger partial charge in [0.2, 0.25) is 0 Å². The number of hydrogen-bond donors (Lipinski definition) is 2. The maximum atomic E-state index is 11.6. The van der Waals surface area contributed by atoms with Crippen molar-refractivity contribution in [2.24, 2.45) is 0 Å². The number of nitrogens with one attached hydrogen (secondary N) is 2. The highest BCUT2D eigenvalue weighted by atomic mass is 16.1. The van der Waals surface area contributed by atoms with E-state index in [0.717, 1.165) is 43.9 Å². The molecule has 1 saturated heterocycles. The van der Waals surface area contributed by atoms with Crippen LogP contribution >= 0.6 is 0 Å². The van der Waals surface area contributed by atoms with Gasteiger partial charge >= 0.3 is 0 Å². The van der Waals surface area contributed by atoms with Gasteiger partial charge < -0.3 is 10.3 Å². The first-order chi connectivity index (χ1) is 8.16. The van der Waals surface area contributed by atoms with Gasteiger partial charge in [-0.15, -0.1) is 0 Å². The summed E-state index contributed by atoms with van der Waals surface area (Å²) in [5.74, 6) is 1.58. The van der Waals surface area contributed by atoms with E-state index in [0.29, 0.717) is 11.8 Å². The summed E-state index contributed by atoms with van der Waals surface area (Å²) in [4.78, 5) is 19.2. The monoisotopic (exact) mass is 235 g/mol. The second-order valence-corrected chi connectivity index (χ2v) is 5.09. The molecule has 0 bridgehead atoms. The molecule has 4 nitrogen and oxygen atoms in total. The predicted octanol–water partition coefficient (Wildman–Crippen LogP) is 1.75. The van der Waals surface area contributed by atoms with Gasteiger partial charge in [0.1, 0.15) is 5.82 Å². The molecule has 1 aliphatic rings. The van der Waals surface area contributed by atoms with Crippen LogP contribution in [0.2, 0.25) is 0 Å². The van der Waals surface area contributed by atoms with Crippen LogP contribution in [-0.4, -0.2) is 23.1 Å². The highest BCUT2D eigenvalue weighted by Crippen LogP contribution is 2.23. The molecule has 94 valence electrons. The Labute approximate surface area is 102 Å². The molecule has 0 spiro atoms. The van der Waals surface area contributed by atoms with E-state index < -0.39 is 0 Å². The third-order valence-corrected chi connectivity index (χ3v) is 3.33. The van der Waals surface area contributed by atoms with E-state index in [4.69, 9.17) is 0 Å². The molecular weight excluding hydrogens is 214 g/mol. The molecule has 0 aromatic carbocycles. The van der Waals surface area contributed by atoms with Crippen molar-refractivity contribution in [2.45, 2.75) is 44.9 Å². The lowest BCUT2D eigenvalue weighted by molar-refractivity contribution is 0.566. The Morgan fingerprint density at radius 2 is 2.18 bits per heavy atom. The van der Waals surface area contributed by atoms with Crippen molar-refractivity contribution in [1.82, 2.24) is 15.3 Å².